The molecule has 20 heavy (non-hydrogen) atoms. The standard InChI is InChI=1S/C15H24O5/c1-3-4-5-6-7-8-9-12(16)10-13(15(19)20)11(2)14(17)18/h3-10H2,1-2H3,(H,17,18)(H,19,20). The van der Waals surface area contributed by atoms with Crippen LogP contribution in [0.15, 0.2) is 11.1 Å². The number of carboxylic acids is 2. The van der Waals surface area contributed by atoms with Crippen LogP contribution in [0.1, 0.15) is 65.2 Å². The zero-order valence-corrected chi connectivity index (χ0v) is 12.3. The number of carbonyl (C=O) groups is 3. The molecule has 5 heteroatoms. The van der Waals surface area contributed by atoms with E-state index < -0.39 is 11.9 Å². The van der Waals surface area contributed by atoms with Crippen LogP contribution in [0.5, 0.6) is 0 Å². The van der Waals surface area contributed by atoms with Crippen LogP contribution in [-0.4, -0.2) is 27.9 Å². The number of aliphatic carboxylic acids is 2. The van der Waals surface area contributed by atoms with Crippen molar-refractivity contribution >= 4 is 17.7 Å². The van der Waals surface area contributed by atoms with Crippen molar-refractivity contribution in [1.29, 1.82) is 0 Å². The average Bonchev–Trinajstić information content (AvgIpc) is 2.38. The maximum absolute atomic E-state index is 11.7. The summed E-state index contributed by atoms with van der Waals surface area (Å²) in [5.41, 5.74) is -0.581. The number of carboxylic acid groups (broad SMARTS) is 2. The Hall–Kier alpha value is -1.65. The minimum absolute atomic E-state index is 0.210. The van der Waals surface area contributed by atoms with Gasteiger partial charge in [-0.2, -0.15) is 0 Å². The third-order valence-electron chi connectivity index (χ3n) is 3.21. The molecule has 0 spiro atoms. The fourth-order valence-electron chi connectivity index (χ4n) is 1.89. The van der Waals surface area contributed by atoms with E-state index in [1.807, 2.05) is 0 Å². The minimum atomic E-state index is -1.33. The first-order chi connectivity index (χ1) is 9.40. The van der Waals surface area contributed by atoms with E-state index in [-0.39, 0.29) is 23.4 Å². The molecule has 0 saturated carbocycles. The Kier molecular flexibility index (Phi) is 9.34. The second-order valence-corrected chi connectivity index (χ2v) is 4.95. The SMILES string of the molecule is CCCCCCCCC(=O)CC(C(=O)O)=C(C)C(=O)O. The first kappa shape index (κ1) is 18.4. The lowest BCUT2D eigenvalue weighted by Gasteiger charge is -2.05. The van der Waals surface area contributed by atoms with Crippen LogP contribution in [0, 0.1) is 0 Å². The maximum atomic E-state index is 11.7. The molecule has 0 heterocycles. The van der Waals surface area contributed by atoms with Crippen molar-refractivity contribution in [3.05, 3.63) is 11.1 Å². The van der Waals surface area contributed by atoms with Crippen LogP contribution < -0.4 is 0 Å². The van der Waals surface area contributed by atoms with Crippen molar-refractivity contribution in [2.45, 2.75) is 65.2 Å². The highest BCUT2D eigenvalue weighted by Gasteiger charge is 2.19. The van der Waals surface area contributed by atoms with Crippen molar-refractivity contribution in [3.8, 4) is 0 Å². The van der Waals surface area contributed by atoms with E-state index in [1.165, 1.54) is 19.8 Å². The molecular formula is C15H24O5. The maximum Gasteiger partial charge on any atom is 0.332 e. The summed E-state index contributed by atoms with van der Waals surface area (Å²) in [6.45, 7) is 3.35. The Balaban J connectivity index is 4.20. The van der Waals surface area contributed by atoms with E-state index in [4.69, 9.17) is 10.2 Å². The van der Waals surface area contributed by atoms with E-state index >= 15 is 0 Å². The predicted octanol–water partition coefficient (Wildman–Crippen LogP) is 3.18. The molecule has 0 radical (unpaired) electrons. The summed E-state index contributed by atoms with van der Waals surface area (Å²) in [6, 6.07) is 0. The molecule has 0 aliphatic heterocycles. The van der Waals surface area contributed by atoms with Gasteiger partial charge < -0.3 is 10.2 Å². The molecule has 0 amide bonds. The topological polar surface area (TPSA) is 91.7 Å². The van der Waals surface area contributed by atoms with E-state index in [0.29, 0.717) is 6.42 Å². The largest absolute Gasteiger partial charge is 0.478 e. The molecule has 0 fully saturated rings. The van der Waals surface area contributed by atoms with Crippen molar-refractivity contribution < 1.29 is 24.6 Å². The number of hydrogen-bond donors (Lipinski definition) is 2. The summed E-state index contributed by atoms with van der Waals surface area (Å²) >= 11 is 0. The van der Waals surface area contributed by atoms with Crippen molar-refractivity contribution in [2.24, 2.45) is 0 Å². The van der Waals surface area contributed by atoms with Crippen molar-refractivity contribution in [2.75, 3.05) is 0 Å². The summed E-state index contributed by atoms with van der Waals surface area (Å²) in [6.07, 6.45) is 6.30. The molecule has 0 aromatic heterocycles. The minimum Gasteiger partial charge on any atom is -0.478 e. The van der Waals surface area contributed by atoms with Gasteiger partial charge in [0.1, 0.15) is 5.78 Å². The third kappa shape index (κ3) is 7.71. The molecular weight excluding hydrogens is 260 g/mol. The van der Waals surface area contributed by atoms with Gasteiger partial charge >= 0.3 is 11.9 Å². The zero-order valence-electron chi connectivity index (χ0n) is 12.3. The van der Waals surface area contributed by atoms with Gasteiger partial charge in [-0.3, -0.25) is 4.79 Å². The molecule has 2 N–H and O–H groups in total. The van der Waals surface area contributed by atoms with Gasteiger partial charge in [-0.15, -0.1) is 0 Å². The highest BCUT2D eigenvalue weighted by atomic mass is 16.4. The van der Waals surface area contributed by atoms with Gasteiger partial charge in [0.25, 0.3) is 0 Å². The lowest BCUT2D eigenvalue weighted by atomic mass is 10.00. The van der Waals surface area contributed by atoms with Gasteiger partial charge in [0, 0.05) is 18.4 Å². The lowest BCUT2D eigenvalue weighted by Crippen LogP contribution is -2.13. The van der Waals surface area contributed by atoms with E-state index in [2.05, 4.69) is 6.92 Å². The van der Waals surface area contributed by atoms with Gasteiger partial charge in [-0.25, -0.2) is 9.59 Å². The summed E-state index contributed by atoms with van der Waals surface area (Å²) in [4.78, 5) is 33.4. The van der Waals surface area contributed by atoms with Gasteiger partial charge in [-0.1, -0.05) is 39.0 Å². The molecule has 114 valence electrons. The molecule has 5 nitrogen and oxygen atoms in total. The highest BCUT2D eigenvalue weighted by molar-refractivity contribution is 6.02. The number of ketones is 1. The Morgan fingerprint density at radius 2 is 1.40 bits per heavy atom. The van der Waals surface area contributed by atoms with Crippen molar-refractivity contribution in [1.82, 2.24) is 0 Å². The summed E-state index contributed by atoms with van der Waals surface area (Å²) in [5, 5.41) is 17.7. The Morgan fingerprint density at radius 3 is 1.90 bits per heavy atom. The highest BCUT2D eigenvalue weighted by Crippen LogP contribution is 2.14. The van der Waals surface area contributed by atoms with Crippen LogP contribution in [0.2, 0.25) is 0 Å². The molecule has 0 saturated heterocycles. The molecule has 0 aromatic carbocycles. The van der Waals surface area contributed by atoms with Gasteiger partial charge in [0.2, 0.25) is 0 Å². The summed E-state index contributed by atoms with van der Waals surface area (Å²) in [5.74, 6) is -2.84. The Morgan fingerprint density at radius 1 is 0.850 bits per heavy atom. The van der Waals surface area contributed by atoms with Crippen LogP contribution in [0.3, 0.4) is 0 Å². The monoisotopic (exact) mass is 284 g/mol. The number of hydrogen-bond acceptors (Lipinski definition) is 3. The zero-order chi connectivity index (χ0) is 15.5. The number of rotatable bonds is 11. The van der Waals surface area contributed by atoms with E-state index in [9.17, 15) is 14.4 Å². The molecule has 0 rings (SSSR count). The number of carbonyl (C=O) groups excluding carboxylic acids is 1. The molecule has 0 aliphatic rings. The van der Waals surface area contributed by atoms with E-state index in [1.54, 1.807) is 0 Å². The third-order valence-corrected chi connectivity index (χ3v) is 3.21. The number of unbranched alkanes of at least 4 members (excludes halogenated alkanes) is 5. The smallest absolute Gasteiger partial charge is 0.332 e. The molecule has 0 atom stereocenters. The summed E-state index contributed by atoms with van der Waals surface area (Å²) in [7, 11) is 0. The fourth-order valence-corrected chi connectivity index (χ4v) is 1.89. The summed E-state index contributed by atoms with van der Waals surface area (Å²) < 4.78 is 0. The van der Waals surface area contributed by atoms with Crippen molar-refractivity contribution in [3.63, 3.8) is 0 Å². The average molecular weight is 284 g/mol. The van der Waals surface area contributed by atoms with E-state index in [0.717, 1.165) is 25.7 Å². The Labute approximate surface area is 119 Å². The van der Waals surface area contributed by atoms with Crippen LogP contribution >= 0.6 is 0 Å². The second kappa shape index (κ2) is 10.2. The number of Topliss-reactive ketones (excluding diaryl/α,β-unsaturated/α-hetero) is 1. The van der Waals surface area contributed by atoms with Crippen LogP contribution in [-0.2, 0) is 14.4 Å². The van der Waals surface area contributed by atoms with Gasteiger partial charge in [0.15, 0.2) is 0 Å². The normalized spacial score (nSPS) is 11.9. The lowest BCUT2D eigenvalue weighted by molar-refractivity contribution is -0.136. The van der Waals surface area contributed by atoms with Gasteiger partial charge in [0.05, 0.1) is 5.57 Å². The second-order valence-electron chi connectivity index (χ2n) is 4.95. The fraction of sp³-hybridized carbons (Fsp3) is 0.667. The molecule has 0 aliphatic carbocycles. The quantitative estimate of drug-likeness (QED) is 0.449. The van der Waals surface area contributed by atoms with Crippen LogP contribution in [0.4, 0.5) is 0 Å². The van der Waals surface area contributed by atoms with Gasteiger partial charge in [-0.05, 0) is 13.3 Å². The Bertz CT molecular complexity index is 382. The molecule has 0 aromatic rings. The first-order valence-corrected chi connectivity index (χ1v) is 7.08. The predicted molar refractivity (Wildman–Crippen MR) is 75.6 cm³/mol. The molecule has 0 bridgehead atoms. The first-order valence-electron chi connectivity index (χ1n) is 7.08. The molecule has 0 unspecified atom stereocenters. The van der Waals surface area contributed by atoms with Crippen LogP contribution in [0.25, 0.3) is 0 Å².